The Labute approximate surface area is 114 Å². The molecule has 108 valence electrons. The predicted molar refractivity (Wildman–Crippen MR) is 71.6 cm³/mol. The maximum absolute atomic E-state index is 12.4. The van der Waals surface area contributed by atoms with Crippen molar-refractivity contribution in [3.8, 4) is 0 Å². The van der Waals surface area contributed by atoms with Gasteiger partial charge in [0.05, 0.1) is 6.10 Å². The Bertz CT molecular complexity index is 332. The number of ether oxygens (including phenoxy) is 1. The molecule has 0 spiro atoms. The first-order chi connectivity index (χ1) is 9.12. The molecule has 1 heterocycles. The average molecular weight is 268 g/mol. The van der Waals surface area contributed by atoms with Crippen molar-refractivity contribution >= 4 is 11.8 Å². The Kier molecular flexibility index (Phi) is 4.80. The largest absolute Gasteiger partial charge is 0.376 e. The maximum atomic E-state index is 12.4. The number of amides is 2. The van der Waals surface area contributed by atoms with Crippen LogP contribution < -0.4 is 10.6 Å². The third-order valence-electron chi connectivity index (χ3n) is 4.07. The van der Waals surface area contributed by atoms with Gasteiger partial charge >= 0.3 is 0 Å². The van der Waals surface area contributed by atoms with Gasteiger partial charge in [-0.3, -0.25) is 9.59 Å². The molecule has 2 amide bonds. The highest BCUT2D eigenvalue weighted by molar-refractivity contribution is 5.91. The van der Waals surface area contributed by atoms with Gasteiger partial charge in [0, 0.05) is 20.1 Å². The second-order valence-electron chi connectivity index (χ2n) is 5.67. The molecule has 1 aliphatic carbocycles. The topological polar surface area (TPSA) is 67.4 Å². The van der Waals surface area contributed by atoms with Gasteiger partial charge in [-0.1, -0.05) is 19.3 Å². The van der Waals surface area contributed by atoms with Crippen molar-refractivity contribution in [3.63, 3.8) is 0 Å². The van der Waals surface area contributed by atoms with Crippen LogP contribution >= 0.6 is 0 Å². The van der Waals surface area contributed by atoms with Crippen molar-refractivity contribution in [2.75, 3.05) is 13.2 Å². The van der Waals surface area contributed by atoms with Crippen LogP contribution in [0.5, 0.6) is 0 Å². The van der Waals surface area contributed by atoms with E-state index in [1.54, 1.807) is 0 Å². The van der Waals surface area contributed by atoms with Crippen molar-refractivity contribution in [1.29, 1.82) is 0 Å². The predicted octanol–water partition coefficient (Wildman–Crippen LogP) is 1.12. The SMILES string of the molecule is CC(=O)NC1(C(=O)NCC2CCCO2)CCCCC1. The van der Waals surface area contributed by atoms with Gasteiger partial charge in [0.15, 0.2) is 0 Å². The average Bonchev–Trinajstić information content (AvgIpc) is 2.89. The van der Waals surface area contributed by atoms with Gasteiger partial charge in [-0.2, -0.15) is 0 Å². The molecule has 2 rings (SSSR count). The lowest BCUT2D eigenvalue weighted by atomic mass is 9.80. The van der Waals surface area contributed by atoms with Crippen LogP contribution in [-0.2, 0) is 14.3 Å². The molecule has 0 bridgehead atoms. The molecule has 1 aliphatic heterocycles. The summed E-state index contributed by atoms with van der Waals surface area (Å²) in [5.74, 6) is -0.174. The number of rotatable bonds is 4. The molecule has 19 heavy (non-hydrogen) atoms. The Morgan fingerprint density at radius 2 is 1.95 bits per heavy atom. The number of nitrogens with one attached hydrogen (secondary N) is 2. The van der Waals surface area contributed by atoms with Crippen LogP contribution in [0.4, 0.5) is 0 Å². The van der Waals surface area contributed by atoms with E-state index in [0.717, 1.165) is 51.6 Å². The van der Waals surface area contributed by atoms with E-state index in [2.05, 4.69) is 10.6 Å². The summed E-state index contributed by atoms with van der Waals surface area (Å²) in [6.07, 6.45) is 6.82. The Balaban J connectivity index is 1.92. The third kappa shape index (κ3) is 3.69. The summed E-state index contributed by atoms with van der Waals surface area (Å²) in [5.41, 5.74) is -0.692. The summed E-state index contributed by atoms with van der Waals surface area (Å²) in [5, 5.41) is 5.84. The van der Waals surface area contributed by atoms with Crippen LogP contribution in [0, 0.1) is 0 Å². The summed E-state index contributed by atoms with van der Waals surface area (Å²) in [6.45, 7) is 2.82. The van der Waals surface area contributed by atoms with Gasteiger partial charge < -0.3 is 15.4 Å². The van der Waals surface area contributed by atoms with Gasteiger partial charge in [-0.05, 0) is 25.7 Å². The van der Waals surface area contributed by atoms with E-state index in [-0.39, 0.29) is 17.9 Å². The van der Waals surface area contributed by atoms with E-state index in [4.69, 9.17) is 4.74 Å². The van der Waals surface area contributed by atoms with Crippen LogP contribution in [0.15, 0.2) is 0 Å². The van der Waals surface area contributed by atoms with E-state index in [1.807, 2.05) is 0 Å². The highest BCUT2D eigenvalue weighted by atomic mass is 16.5. The van der Waals surface area contributed by atoms with E-state index in [0.29, 0.717) is 6.54 Å². The monoisotopic (exact) mass is 268 g/mol. The zero-order chi connectivity index (χ0) is 13.7. The molecule has 0 aromatic rings. The first-order valence-corrected chi connectivity index (χ1v) is 7.31. The van der Waals surface area contributed by atoms with Gasteiger partial charge in [-0.25, -0.2) is 0 Å². The fraction of sp³-hybridized carbons (Fsp3) is 0.857. The van der Waals surface area contributed by atoms with Crippen LogP contribution in [0.25, 0.3) is 0 Å². The standard InChI is InChI=1S/C14H24N2O3/c1-11(17)16-14(7-3-2-4-8-14)13(18)15-10-12-6-5-9-19-12/h12H,2-10H2,1H3,(H,15,18)(H,16,17). The minimum Gasteiger partial charge on any atom is -0.376 e. The Morgan fingerprint density at radius 1 is 1.21 bits per heavy atom. The van der Waals surface area contributed by atoms with Gasteiger partial charge in [-0.15, -0.1) is 0 Å². The first-order valence-electron chi connectivity index (χ1n) is 7.31. The third-order valence-corrected chi connectivity index (χ3v) is 4.07. The summed E-state index contributed by atoms with van der Waals surface area (Å²) in [4.78, 5) is 23.8. The normalized spacial score (nSPS) is 25.8. The molecule has 5 heteroatoms. The molecule has 5 nitrogen and oxygen atoms in total. The number of carbonyl (C=O) groups excluding carboxylic acids is 2. The van der Waals surface area contributed by atoms with Crippen LogP contribution in [-0.4, -0.2) is 36.6 Å². The molecule has 1 saturated heterocycles. The molecule has 2 fully saturated rings. The van der Waals surface area contributed by atoms with Gasteiger partial charge in [0.1, 0.15) is 5.54 Å². The second-order valence-corrected chi connectivity index (χ2v) is 5.67. The van der Waals surface area contributed by atoms with Gasteiger partial charge in [0.25, 0.3) is 0 Å². The first kappa shape index (κ1) is 14.3. The maximum Gasteiger partial charge on any atom is 0.245 e. The van der Waals surface area contributed by atoms with E-state index in [9.17, 15) is 9.59 Å². The summed E-state index contributed by atoms with van der Waals surface area (Å²) in [7, 11) is 0. The molecule has 0 aromatic carbocycles. The van der Waals surface area contributed by atoms with Crippen molar-refractivity contribution in [2.45, 2.75) is 63.5 Å². The fourth-order valence-electron chi connectivity index (χ4n) is 3.08. The zero-order valence-electron chi connectivity index (χ0n) is 11.7. The van der Waals surface area contributed by atoms with Crippen molar-refractivity contribution in [3.05, 3.63) is 0 Å². The quantitative estimate of drug-likeness (QED) is 0.803. The van der Waals surface area contributed by atoms with E-state index < -0.39 is 5.54 Å². The lowest BCUT2D eigenvalue weighted by molar-refractivity contribution is -0.134. The van der Waals surface area contributed by atoms with Crippen molar-refractivity contribution in [1.82, 2.24) is 10.6 Å². The zero-order valence-corrected chi connectivity index (χ0v) is 11.7. The minimum atomic E-state index is -0.692. The molecule has 0 aromatic heterocycles. The van der Waals surface area contributed by atoms with E-state index in [1.165, 1.54) is 6.92 Å². The van der Waals surface area contributed by atoms with Crippen molar-refractivity contribution < 1.29 is 14.3 Å². The molecule has 2 aliphatic rings. The Hall–Kier alpha value is -1.10. The van der Waals surface area contributed by atoms with E-state index >= 15 is 0 Å². The van der Waals surface area contributed by atoms with Crippen molar-refractivity contribution in [2.24, 2.45) is 0 Å². The minimum absolute atomic E-state index is 0.0436. The highest BCUT2D eigenvalue weighted by Gasteiger charge is 2.40. The fourth-order valence-corrected chi connectivity index (χ4v) is 3.08. The van der Waals surface area contributed by atoms with Crippen LogP contribution in [0.2, 0.25) is 0 Å². The summed E-state index contributed by atoms with van der Waals surface area (Å²) < 4.78 is 5.50. The van der Waals surface area contributed by atoms with Crippen LogP contribution in [0.3, 0.4) is 0 Å². The lowest BCUT2D eigenvalue weighted by Crippen LogP contribution is -2.60. The molecule has 1 atom stereocenters. The number of hydrogen-bond donors (Lipinski definition) is 2. The smallest absolute Gasteiger partial charge is 0.245 e. The van der Waals surface area contributed by atoms with Crippen LogP contribution in [0.1, 0.15) is 51.9 Å². The summed E-state index contributed by atoms with van der Waals surface area (Å²) >= 11 is 0. The highest BCUT2D eigenvalue weighted by Crippen LogP contribution is 2.28. The lowest BCUT2D eigenvalue weighted by Gasteiger charge is -2.36. The molecular formula is C14H24N2O3. The molecule has 1 unspecified atom stereocenters. The second kappa shape index (κ2) is 6.37. The number of carbonyl (C=O) groups is 2. The summed E-state index contributed by atoms with van der Waals surface area (Å²) in [6, 6.07) is 0. The van der Waals surface area contributed by atoms with Gasteiger partial charge in [0.2, 0.25) is 11.8 Å². The molecule has 0 radical (unpaired) electrons. The molecule has 1 saturated carbocycles. The molecular weight excluding hydrogens is 244 g/mol. The number of hydrogen-bond acceptors (Lipinski definition) is 3. The Morgan fingerprint density at radius 3 is 2.53 bits per heavy atom. The molecule has 2 N–H and O–H groups in total.